The van der Waals surface area contributed by atoms with Crippen LogP contribution in [0.5, 0.6) is 0 Å². The third-order valence-electron chi connectivity index (χ3n) is 5.03. The van der Waals surface area contributed by atoms with E-state index < -0.39 is 29.3 Å². The predicted octanol–water partition coefficient (Wildman–Crippen LogP) is 2.38. The van der Waals surface area contributed by atoms with Gasteiger partial charge in [0.05, 0.1) is 24.8 Å². The second kappa shape index (κ2) is 8.92. The molecule has 1 saturated heterocycles. The van der Waals surface area contributed by atoms with Gasteiger partial charge in [0.1, 0.15) is 11.6 Å². The minimum atomic E-state index is -0.843. The summed E-state index contributed by atoms with van der Waals surface area (Å²) in [4.78, 5) is 27.2. The summed E-state index contributed by atoms with van der Waals surface area (Å²) in [5.41, 5.74) is -0.740. The molecule has 1 fully saturated rings. The van der Waals surface area contributed by atoms with Crippen LogP contribution in [-0.4, -0.2) is 57.5 Å². The maximum absolute atomic E-state index is 13.4. The van der Waals surface area contributed by atoms with E-state index in [9.17, 15) is 19.8 Å². The lowest BCUT2D eigenvalue weighted by atomic mass is 9.92. The lowest BCUT2D eigenvalue weighted by molar-refractivity contribution is -0.145. The SMILES string of the molecule is CC(C)(C)OC(=O)N[C@@H]1CCC[C@@](C)(CO)N([C@@H](CO)c2ccccc2)C1=O. The molecule has 1 aromatic rings. The Hall–Kier alpha value is -2.12. The molecule has 0 saturated carbocycles. The summed E-state index contributed by atoms with van der Waals surface area (Å²) in [5, 5.41) is 22.9. The van der Waals surface area contributed by atoms with Crippen LogP contribution in [0, 0.1) is 0 Å². The molecule has 0 aromatic heterocycles. The molecular weight excluding hydrogens is 360 g/mol. The molecule has 0 spiro atoms. The van der Waals surface area contributed by atoms with Crippen molar-refractivity contribution in [2.45, 2.75) is 70.2 Å². The number of aliphatic hydroxyl groups excluding tert-OH is 2. The number of carbonyl (C=O) groups excluding carboxylic acids is 2. The van der Waals surface area contributed by atoms with Crippen LogP contribution in [0.1, 0.15) is 58.6 Å². The van der Waals surface area contributed by atoms with Crippen LogP contribution in [0.2, 0.25) is 0 Å². The van der Waals surface area contributed by atoms with Crippen LogP contribution < -0.4 is 5.32 Å². The fraction of sp³-hybridized carbons (Fsp3) is 0.619. The van der Waals surface area contributed by atoms with E-state index in [0.29, 0.717) is 19.3 Å². The molecule has 0 radical (unpaired) electrons. The molecule has 28 heavy (non-hydrogen) atoms. The van der Waals surface area contributed by atoms with E-state index in [4.69, 9.17) is 4.74 Å². The zero-order valence-electron chi connectivity index (χ0n) is 17.1. The number of carbonyl (C=O) groups is 2. The standard InChI is InChI=1S/C21H32N2O5/c1-20(2,3)28-19(27)22-16-11-8-12-21(4,14-25)23(18(16)26)17(13-24)15-9-6-5-7-10-15/h5-7,9-10,16-17,24-25H,8,11-14H2,1-4H3,(H,22,27)/t16-,17+,21+/m1/s1. The number of benzene rings is 1. The highest BCUT2D eigenvalue weighted by molar-refractivity contribution is 5.87. The Labute approximate surface area is 166 Å². The zero-order valence-corrected chi connectivity index (χ0v) is 17.1. The van der Waals surface area contributed by atoms with Gasteiger partial charge in [-0.1, -0.05) is 30.3 Å². The summed E-state index contributed by atoms with van der Waals surface area (Å²) in [6.45, 7) is 6.56. The van der Waals surface area contributed by atoms with Crippen LogP contribution in [-0.2, 0) is 9.53 Å². The van der Waals surface area contributed by atoms with Crippen molar-refractivity contribution in [2.75, 3.05) is 13.2 Å². The quantitative estimate of drug-likeness (QED) is 0.715. The number of nitrogens with zero attached hydrogens (tertiary/aromatic N) is 1. The van der Waals surface area contributed by atoms with Gasteiger partial charge in [0, 0.05) is 0 Å². The van der Waals surface area contributed by atoms with Crippen LogP contribution in [0.3, 0.4) is 0 Å². The number of amides is 2. The van der Waals surface area contributed by atoms with Crippen molar-refractivity contribution in [3.05, 3.63) is 35.9 Å². The molecule has 2 rings (SSSR count). The summed E-state index contributed by atoms with van der Waals surface area (Å²) in [6, 6.07) is 7.83. The van der Waals surface area contributed by atoms with Crippen molar-refractivity contribution < 1.29 is 24.5 Å². The number of likely N-dealkylation sites (tertiary alicyclic amines) is 1. The summed E-state index contributed by atoms with van der Waals surface area (Å²) in [6.07, 6.45) is 0.994. The number of nitrogens with one attached hydrogen (secondary N) is 1. The lowest BCUT2D eigenvalue weighted by Gasteiger charge is -2.44. The highest BCUT2D eigenvalue weighted by Gasteiger charge is 2.45. The highest BCUT2D eigenvalue weighted by Crippen LogP contribution is 2.35. The maximum atomic E-state index is 13.4. The highest BCUT2D eigenvalue weighted by atomic mass is 16.6. The summed E-state index contributed by atoms with van der Waals surface area (Å²) >= 11 is 0. The minimum Gasteiger partial charge on any atom is -0.444 e. The first kappa shape index (κ1) is 22.2. The van der Waals surface area contributed by atoms with Crippen LogP contribution in [0.4, 0.5) is 4.79 Å². The van der Waals surface area contributed by atoms with Crippen molar-refractivity contribution in [1.82, 2.24) is 10.2 Å². The Morgan fingerprint density at radius 2 is 1.96 bits per heavy atom. The van der Waals surface area contributed by atoms with E-state index in [1.165, 1.54) is 4.90 Å². The number of aliphatic hydroxyl groups is 2. The van der Waals surface area contributed by atoms with E-state index in [-0.39, 0.29) is 19.1 Å². The molecule has 7 heteroatoms. The van der Waals surface area contributed by atoms with E-state index in [1.807, 2.05) is 37.3 Å². The van der Waals surface area contributed by atoms with Gasteiger partial charge in [0.15, 0.2) is 0 Å². The summed E-state index contributed by atoms with van der Waals surface area (Å²) < 4.78 is 5.30. The molecule has 1 aromatic carbocycles. The Balaban J connectivity index is 2.34. The summed E-state index contributed by atoms with van der Waals surface area (Å²) in [7, 11) is 0. The number of hydrogen-bond donors (Lipinski definition) is 3. The number of ether oxygens (including phenoxy) is 1. The molecule has 1 aliphatic rings. The van der Waals surface area contributed by atoms with Gasteiger partial charge in [-0.2, -0.15) is 0 Å². The topological polar surface area (TPSA) is 99.1 Å². The fourth-order valence-corrected chi connectivity index (χ4v) is 3.64. The number of alkyl carbamates (subject to hydrolysis) is 1. The Morgan fingerprint density at radius 1 is 1.32 bits per heavy atom. The average molecular weight is 392 g/mol. The van der Waals surface area contributed by atoms with Gasteiger partial charge in [0.25, 0.3) is 0 Å². The largest absolute Gasteiger partial charge is 0.444 e. The van der Waals surface area contributed by atoms with Crippen LogP contribution >= 0.6 is 0 Å². The smallest absolute Gasteiger partial charge is 0.408 e. The predicted molar refractivity (Wildman–Crippen MR) is 106 cm³/mol. The maximum Gasteiger partial charge on any atom is 0.408 e. The van der Waals surface area contributed by atoms with Crippen molar-refractivity contribution in [3.63, 3.8) is 0 Å². The molecule has 1 heterocycles. The van der Waals surface area contributed by atoms with E-state index in [2.05, 4.69) is 5.32 Å². The molecule has 2 amide bonds. The van der Waals surface area contributed by atoms with Crippen molar-refractivity contribution in [2.24, 2.45) is 0 Å². The van der Waals surface area contributed by atoms with Crippen molar-refractivity contribution in [3.8, 4) is 0 Å². The van der Waals surface area contributed by atoms with Crippen molar-refractivity contribution in [1.29, 1.82) is 0 Å². The normalized spacial score (nSPS) is 24.4. The summed E-state index contributed by atoms with van der Waals surface area (Å²) in [5.74, 6) is -0.331. The van der Waals surface area contributed by atoms with Gasteiger partial charge in [-0.25, -0.2) is 4.79 Å². The Kier molecular flexibility index (Phi) is 7.06. The van der Waals surface area contributed by atoms with E-state index >= 15 is 0 Å². The Bertz CT molecular complexity index is 673. The second-order valence-electron chi connectivity index (χ2n) is 8.56. The average Bonchev–Trinajstić information content (AvgIpc) is 2.74. The monoisotopic (exact) mass is 392 g/mol. The molecule has 0 bridgehead atoms. The third kappa shape index (κ3) is 5.23. The zero-order chi connectivity index (χ0) is 20.9. The molecule has 156 valence electrons. The lowest BCUT2D eigenvalue weighted by Crippen LogP contribution is -2.58. The number of hydrogen-bond acceptors (Lipinski definition) is 5. The minimum absolute atomic E-state index is 0.235. The van der Waals surface area contributed by atoms with Gasteiger partial charge in [0.2, 0.25) is 5.91 Å². The van der Waals surface area contributed by atoms with Gasteiger partial charge in [-0.15, -0.1) is 0 Å². The second-order valence-corrected chi connectivity index (χ2v) is 8.56. The van der Waals surface area contributed by atoms with E-state index in [1.54, 1.807) is 20.8 Å². The van der Waals surface area contributed by atoms with Gasteiger partial charge in [-0.3, -0.25) is 4.79 Å². The van der Waals surface area contributed by atoms with Crippen LogP contribution in [0.15, 0.2) is 30.3 Å². The fourth-order valence-electron chi connectivity index (χ4n) is 3.64. The molecule has 0 aliphatic carbocycles. The Morgan fingerprint density at radius 3 is 2.50 bits per heavy atom. The molecule has 1 aliphatic heterocycles. The van der Waals surface area contributed by atoms with Crippen LogP contribution in [0.25, 0.3) is 0 Å². The molecule has 0 unspecified atom stereocenters. The number of rotatable bonds is 5. The molecular formula is C21H32N2O5. The van der Waals surface area contributed by atoms with Gasteiger partial charge in [-0.05, 0) is 52.5 Å². The van der Waals surface area contributed by atoms with E-state index in [0.717, 1.165) is 5.56 Å². The first-order chi connectivity index (χ1) is 13.1. The first-order valence-corrected chi connectivity index (χ1v) is 9.70. The first-order valence-electron chi connectivity index (χ1n) is 9.70. The van der Waals surface area contributed by atoms with Crippen molar-refractivity contribution >= 4 is 12.0 Å². The molecule has 3 N–H and O–H groups in total. The molecule has 3 atom stereocenters. The van der Waals surface area contributed by atoms with Gasteiger partial charge < -0.3 is 25.2 Å². The molecule has 7 nitrogen and oxygen atoms in total. The third-order valence-corrected chi connectivity index (χ3v) is 5.03. The van der Waals surface area contributed by atoms with Gasteiger partial charge >= 0.3 is 6.09 Å².